The van der Waals surface area contributed by atoms with E-state index >= 15 is 0 Å². The number of aromatic nitrogens is 1. The van der Waals surface area contributed by atoms with Gasteiger partial charge in [0.1, 0.15) is 6.54 Å². The summed E-state index contributed by atoms with van der Waals surface area (Å²) in [7, 11) is -3.80. The lowest BCUT2D eigenvalue weighted by Gasteiger charge is -2.18. The maximum Gasteiger partial charge on any atom is 0.239 e. The van der Waals surface area contributed by atoms with Crippen LogP contribution in [0, 0.1) is 0 Å². The molecule has 0 aliphatic rings. The number of sulfone groups is 1. The van der Waals surface area contributed by atoms with Crippen molar-refractivity contribution in [3.63, 3.8) is 0 Å². The zero-order chi connectivity index (χ0) is 26.5. The van der Waals surface area contributed by atoms with Crippen LogP contribution in [0.3, 0.4) is 0 Å². The minimum Gasteiger partial charge on any atom is -0.355 e. The topological polar surface area (TPSA) is 68.2 Å². The molecule has 0 saturated carbocycles. The molecule has 0 aliphatic heterocycles. The number of fused-ring (bicyclic) bond motifs is 1. The molecule has 0 unspecified atom stereocenters. The first-order valence-corrected chi connectivity index (χ1v) is 14.2. The van der Waals surface area contributed by atoms with Gasteiger partial charge in [-0.2, -0.15) is 0 Å². The van der Waals surface area contributed by atoms with Gasteiger partial charge < -0.3 is 9.88 Å². The van der Waals surface area contributed by atoms with Crippen LogP contribution in [0.4, 0.5) is 0 Å². The molecule has 5 nitrogen and oxygen atoms in total. The molecule has 0 radical (unpaired) electrons. The lowest BCUT2D eigenvalue weighted by atomic mass is 9.88. The van der Waals surface area contributed by atoms with Gasteiger partial charge in [0.05, 0.1) is 9.79 Å². The highest BCUT2D eigenvalue weighted by atomic mass is 35.5. The number of rotatable bonds is 9. The number of nitrogens with one attached hydrogen (secondary N) is 1. The summed E-state index contributed by atoms with van der Waals surface area (Å²) in [5.74, 6) is -0.0257. The van der Waals surface area contributed by atoms with Crippen LogP contribution in [0.15, 0.2) is 125 Å². The van der Waals surface area contributed by atoms with Crippen molar-refractivity contribution in [2.45, 2.75) is 28.7 Å². The first-order chi connectivity index (χ1) is 18.4. The number of carbonyl (C=O) groups is 1. The van der Waals surface area contributed by atoms with Gasteiger partial charge in [0.15, 0.2) is 0 Å². The Morgan fingerprint density at radius 1 is 0.789 bits per heavy atom. The molecule has 0 atom stereocenters. The van der Waals surface area contributed by atoms with Gasteiger partial charge in [0, 0.05) is 34.6 Å². The van der Waals surface area contributed by atoms with E-state index in [4.69, 9.17) is 11.6 Å². The second-order valence-electron chi connectivity index (χ2n) is 9.11. The van der Waals surface area contributed by atoms with Gasteiger partial charge in [-0.3, -0.25) is 4.79 Å². The van der Waals surface area contributed by atoms with Gasteiger partial charge in [0.2, 0.25) is 15.7 Å². The van der Waals surface area contributed by atoms with Crippen molar-refractivity contribution in [1.29, 1.82) is 0 Å². The number of amides is 1. The van der Waals surface area contributed by atoms with Crippen molar-refractivity contribution in [3.05, 3.63) is 132 Å². The smallest absolute Gasteiger partial charge is 0.239 e. The van der Waals surface area contributed by atoms with Crippen molar-refractivity contribution < 1.29 is 13.2 Å². The van der Waals surface area contributed by atoms with Crippen LogP contribution in [-0.4, -0.2) is 25.4 Å². The first kappa shape index (κ1) is 25.8. The summed E-state index contributed by atoms with van der Waals surface area (Å²) < 4.78 is 28.5. The SMILES string of the molecule is O=C(Cn1cc(S(=O)(=O)c2ccc(Cl)cc2)c2ccccc21)NCCC(c1ccccc1)c1ccccc1. The molecule has 7 heteroatoms. The maximum absolute atomic E-state index is 13.4. The number of halogens is 1. The number of carbonyl (C=O) groups excluding carboxylic acids is 1. The highest BCUT2D eigenvalue weighted by Crippen LogP contribution is 2.31. The molecule has 5 aromatic rings. The van der Waals surface area contributed by atoms with Gasteiger partial charge in [0.25, 0.3) is 0 Å². The van der Waals surface area contributed by atoms with Crippen LogP contribution in [-0.2, 0) is 21.2 Å². The largest absolute Gasteiger partial charge is 0.355 e. The fourth-order valence-corrected chi connectivity index (χ4v) is 6.36. The Labute approximate surface area is 227 Å². The molecule has 38 heavy (non-hydrogen) atoms. The molecule has 1 aromatic heterocycles. The number of benzene rings is 4. The Balaban J connectivity index is 1.33. The highest BCUT2D eigenvalue weighted by Gasteiger charge is 2.24. The number of nitrogens with zero attached hydrogens (tertiary/aromatic N) is 1. The Hall–Kier alpha value is -3.87. The average Bonchev–Trinajstić information content (AvgIpc) is 3.31. The van der Waals surface area contributed by atoms with Crippen molar-refractivity contribution in [3.8, 4) is 0 Å². The highest BCUT2D eigenvalue weighted by molar-refractivity contribution is 7.91. The van der Waals surface area contributed by atoms with Crippen LogP contribution < -0.4 is 5.32 Å². The van der Waals surface area contributed by atoms with Crippen molar-refractivity contribution in [2.75, 3.05) is 6.54 Å². The molecule has 0 saturated heterocycles. The summed E-state index contributed by atoms with van der Waals surface area (Å²) in [5, 5.41) is 4.06. The molecule has 5 rings (SSSR count). The Bertz CT molecular complexity index is 1610. The minimum atomic E-state index is -3.80. The zero-order valence-corrected chi connectivity index (χ0v) is 22.2. The van der Waals surface area contributed by atoms with Gasteiger partial charge in [-0.05, 0) is 47.9 Å². The van der Waals surface area contributed by atoms with E-state index < -0.39 is 9.84 Å². The predicted octanol–water partition coefficient (Wildman–Crippen LogP) is 6.47. The van der Waals surface area contributed by atoms with E-state index in [2.05, 4.69) is 29.6 Å². The van der Waals surface area contributed by atoms with Crippen molar-refractivity contribution in [2.24, 2.45) is 0 Å². The Morgan fingerprint density at radius 3 is 2.00 bits per heavy atom. The third-order valence-electron chi connectivity index (χ3n) is 6.64. The number of hydrogen-bond donors (Lipinski definition) is 1. The monoisotopic (exact) mass is 542 g/mol. The second kappa shape index (κ2) is 11.3. The molecule has 192 valence electrons. The lowest BCUT2D eigenvalue weighted by molar-refractivity contribution is -0.121. The maximum atomic E-state index is 13.4. The fraction of sp³-hybridized carbons (Fsp3) is 0.129. The lowest BCUT2D eigenvalue weighted by Crippen LogP contribution is -2.29. The number of hydrogen-bond acceptors (Lipinski definition) is 3. The molecule has 4 aromatic carbocycles. The molecule has 1 N–H and O–H groups in total. The third kappa shape index (κ3) is 5.52. The average molecular weight is 543 g/mol. The van der Waals surface area contributed by atoms with E-state index in [1.54, 1.807) is 35.0 Å². The summed E-state index contributed by atoms with van der Waals surface area (Å²) in [6.45, 7) is 0.500. The predicted molar refractivity (Wildman–Crippen MR) is 151 cm³/mol. The van der Waals surface area contributed by atoms with Crippen LogP contribution in [0.2, 0.25) is 5.02 Å². The van der Waals surface area contributed by atoms with Gasteiger partial charge >= 0.3 is 0 Å². The Kier molecular flexibility index (Phi) is 7.63. The van der Waals surface area contributed by atoms with Crippen LogP contribution in [0.5, 0.6) is 0 Å². The molecular formula is C31H27ClN2O3S. The quantitative estimate of drug-likeness (QED) is 0.232. The van der Waals surface area contributed by atoms with E-state index in [9.17, 15) is 13.2 Å². The molecule has 0 bridgehead atoms. The molecule has 1 heterocycles. The van der Waals surface area contributed by atoms with Crippen LogP contribution in [0.1, 0.15) is 23.5 Å². The van der Waals surface area contributed by atoms with Gasteiger partial charge in [-0.1, -0.05) is 90.5 Å². The normalized spacial score (nSPS) is 11.6. The molecule has 0 fully saturated rings. The van der Waals surface area contributed by atoms with Crippen LogP contribution >= 0.6 is 11.6 Å². The standard InChI is InChI=1S/C31H27ClN2O3S/c32-25-15-17-26(18-16-25)38(36,37)30-21-34(29-14-8-7-13-28(29)30)22-31(35)33-20-19-27(23-9-3-1-4-10-23)24-11-5-2-6-12-24/h1-18,21,27H,19-20,22H2,(H,33,35). The van der Waals surface area contributed by atoms with E-state index in [0.29, 0.717) is 22.5 Å². The summed E-state index contributed by atoms with van der Waals surface area (Å²) >= 11 is 5.95. The second-order valence-corrected chi connectivity index (χ2v) is 11.5. The van der Waals surface area contributed by atoms with E-state index in [0.717, 1.165) is 6.42 Å². The summed E-state index contributed by atoms with van der Waals surface area (Å²) in [4.78, 5) is 13.3. The first-order valence-electron chi connectivity index (χ1n) is 12.4. The molecule has 1 amide bonds. The van der Waals surface area contributed by atoms with E-state index in [1.807, 2.05) is 48.5 Å². The van der Waals surface area contributed by atoms with Crippen LogP contribution in [0.25, 0.3) is 10.9 Å². The van der Waals surface area contributed by atoms with Crippen molar-refractivity contribution >= 4 is 38.2 Å². The summed E-state index contributed by atoms with van der Waals surface area (Å²) in [6.07, 6.45) is 2.29. The molecule has 0 aliphatic carbocycles. The summed E-state index contributed by atoms with van der Waals surface area (Å²) in [6, 6.07) is 33.8. The minimum absolute atomic E-state index is 0.0119. The zero-order valence-electron chi connectivity index (χ0n) is 20.6. The van der Waals surface area contributed by atoms with Gasteiger partial charge in [-0.15, -0.1) is 0 Å². The third-order valence-corrected chi connectivity index (χ3v) is 8.69. The van der Waals surface area contributed by atoms with Crippen molar-refractivity contribution in [1.82, 2.24) is 9.88 Å². The number of para-hydroxylation sites is 1. The van der Waals surface area contributed by atoms with Gasteiger partial charge in [-0.25, -0.2) is 8.42 Å². The fourth-order valence-electron chi connectivity index (χ4n) is 4.76. The Morgan fingerprint density at radius 2 is 1.37 bits per heavy atom. The summed E-state index contributed by atoms with van der Waals surface area (Å²) in [5.41, 5.74) is 3.07. The molecule has 0 spiro atoms. The molecular weight excluding hydrogens is 516 g/mol. The van der Waals surface area contributed by atoms with E-state index in [-0.39, 0.29) is 28.2 Å². The van der Waals surface area contributed by atoms with E-state index in [1.165, 1.54) is 23.3 Å².